The first-order valence-corrected chi connectivity index (χ1v) is 6.47. The lowest BCUT2D eigenvalue weighted by molar-refractivity contribution is 1.03. The molecule has 0 amide bonds. The maximum absolute atomic E-state index is 6.10. The number of amidine groups is 1. The van der Waals surface area contributed by atoms with Gasteiger partial charge < -0.3 is 5.73 Å². The lowest BCUT2D eigenvalue weighted by Crippen LogP contribution is -2.15. The molecule has 0 radical (unpaired) electrons. The van der Waals surface area contributed by atoms with Crippen molar-refractivity contribution in [2.24, 2.45) is 10.7 Å². The van der Waals surface area contributed by atoms with Crippen molar-refractivity contribution in [3.63, 3.8) is 0 Å². The molecule has 0 atom stereocenters. The Morgan fingerprint density at radius 1 is 1.21 bits per heavy atom. The van der Waals surface area contributed by atoms with Crippen LogP contribution in [0.3, 0.4) is 0 Å². The summed E-state index contributed by atoms with van der Waals surface area (Å²) in [5.41, 5.74) is 11.4. The highest BCUT2D eigenvalue weighted by Crippen LogP contribution is 2.18. The first-order chi connectivity index (χ1) is 9.11. The number of aromatic nitrogens is 1. The Kier molecular flexibility index (Phi) is 3.95. The van der Waals surface area contributed by atoms with Crippen molar-refractivity contribution in [1.29, 1.82) is 0 Å². The van der Waals surface area contributed by atoms with E-state index in [0.29, 0.717) is 5.84 Å². The summed E-state index contributed by atoms with van der Waals surface area (Å²) in [6, 6.07) is 9.94. The Bertz CT molecular complexity index is 615. The number of aryl methyl sites for hydroxylation is 3. The van der Waals surface area contributed by atoms with Gasteiger partial charge in [-0.2, -0.15) is 0 Å². The summed E-state index contributed by atoms with van der Waals surface area (Å²) in [6.45, 7) is 6.23. The van der Waals surface area contributed by atoms with E-state index < -0.39 is 0 Å². The SMILES string of the molecule is CCc1ncccc1C(N)=Nc1ccc(C)c(C)c1. The molecule has 2 rings (SSSR count). The molecule has 3 heteroatoms. The van der Waals surface area contributed by atoms with Crippen LogP contribution < -0.4 is 5.73 Å². The first-order valence-electron chi connectivity index (χ1n) is 6.47. The normalized spacial score (nSPS) is 11.6. The van der Waals surface area contributed by atoms with Crippen LogP contribution in [0.25, 0.3) is 0 Å². The number of aliphatic imine (C=N–C) groups is 1. The van der Waals surface area contributed by atoms with E-state index in [2.05, 4.69) is 36.8 Å². The number of pyridine rings is 1. The van der Waals surface area contributed by atoms with Gasteiger partial charge in [0, 0.05) is 11.8 Å². The zero-order chi connectivity index (χ0) is 13.8. The average Bonchev–Trinajstić information content (AvgIpc) is 2.43. The van der Waals surface area contributed by atoms with Crippen molar-refractivity contribution in [3.8, 4) is 0 Å². The standard InChI is InChI=1S/C16H19N3/c1-4-15-14(6-5-9-18-15)16(17)19-13-8-7-11(2)12(3)10-13/h5-10H,4H2,1-3H3,(H2,17,19). The fraction of sp³-hybridized carbons (Fsp3) is 0.250. The van der Waals surface area contributed by atoms with Crippen LogP contribution >= 0.6 is 0 Å². The third-order valence-electron chi connectivity index (χ3n) is 3.24. The summed E-state index contributed by atoms with van der Waals surface area (Å²) < 4.78 is 0. The molecule has 2 aromatic rings. The predicted octanol–water partition coefficient (Wildman–Crippen LogP) is 3.30. The highest BCUT2D eigenvalue weighted by atomic mass is 14.9. The molecule has 1 aromatic heterocycles. The van der Waals surface area contributed by atoms with Crippen molar-refractivity contribution >= 4 is 11.5 Å². The molecule has 0 bridgehead atoms. The molecule has 0 saturated heterocycles. The topological polar surface area (TPSA) is 51.3 Å². The average molecular weight is 253 g/mol. The maximum atomic E-state index is 6.10. The van der Waals surface area contributed by atoms with Crippen molar-refractivity contribution < 1.29 is 0 Å². The third kappa shape index (κ3) is 2.99. The molecule has 0 saturated carbocycles. The van der Waals surface area contributed by atoms with Crippen LogP contribution in [-0.2, 0) is 6.42 Å². The molecule has 0 fully saturated rings. The zero-order valence-electron chi connectivity index (χ0n) is 11.6. The van der Waals surface area contributed by atoms with E-state index in [1.165, 1.54) is 11.1 Å². The Balaban J connectivity index is 2.39. The van der Waals surface area contributed by atoms with Gasteiger partial charge in [-0.15, -0.1) is 0 Å². The monoisotopic (exact) mass is 253 g/mol. The Morgan fingerprint density at radius 3 is 2.68 bits per heavy atom. The summed E-state index contributed by atoms with van der Waals surface area (Å²) in [7, 11) is 0. The minimum absolute atomic E-state index is 0.521. The number of nitrogens with two attached hydrogens (primary N) is 1. The number of hydrogen-bond donors (Lipinski definition) is 1. The van der Waals surface area contributed by atoms with Crippen molar-refractivity contribution in [2.75, 3.05) is 0 Å². The van der Waals surface area contributed by atoms with E-state index in [9.17, 15) is 0 Å². The molecule has 0 aliphatic heterocycles. The molecule has 19 heavy (non-hydrogen) atoms. The van der Waals surface area contributed by atoms with E-state index in [-0.39, 0.29) is 0 Å². The van der Waals surface area contributed by atoms with Crippen LogP contribution in [0, 0.1) is 13.8 Å². The van der Waals surface area contributed by atoms with E-state index in [0.717, 1.165) is 23.4 Å². The van der Waals surface area contributed by atoms with Gasteiger partial charge in [-0.05, 0) is 55.7 Å². The van der Waals surface area contributed by atoms with Crippen LogP contribution in [0.2, 0.25) is 0 Å². The van der Waals surface area contributed by atoms with Crippen LogP contribution in [0.5, 0.6) is 0 Å². The molecule has 0 aliphatic carbocycles. The Hall–Kier alpha value is -2.16. The minimum atomic E-state index is 0.521. The Labute approximate surface area is 114 Å². The molecule has 0 unspecified atom stereocenters. The quantitative estimate of drug-likeness (QED) is 0.674. The molecule has 0 aliphatic rings. The fourth-order valence-corrected chi connectivity index (χ4v) is 1.95. The van der Waals surface area contributed by atoms with Crippen LogP contribution in [0.4, 0.5) is 5.69 Å². The second-order valence-electron chi connectivity index (χ2n) is 4.62. The molecular formula is C16H19N3. The van der Waals surface area contributed by atoms with Gasteiger partial charge in [-0.1, -0.05) is 13.0 Å². The van der Waals surface area contributed by atoms with Crippen LogP contribution in [0.15, 0.2) is 41.5 Å². The smallest absolute Gasteiger partial charge is 0.133 e. The molecule has 1 aromatic carbocycles. The summed E-state index contributed by atoms with van der Waals surface area (Å²) in [4.78, 5) is 8.82. The molecule has 2 N–H and O–H groups in total. The van der Waals surface area contributed by atoms with E-state index in [4.69, 9.17) is 5.73 Å². The molecule has 3 nitrogen and oxygen atoms in total. The van der Waals surface area contributed by atoms with Gasteiger partial charge in [-0.25, -0.2) is 4.99 Å². The van der Waals surface area contributed by atoms with Gasteiger partial charge >= 0.3 is 0 Å². The zero-order valence-corrected chi connectivity index (χ0v) is 11.6. The largest absolute Gasteiger partial charge is 0.383 e. The number of hydrogen-bond acceptors (Lipinski definition) is 2. The van der Waals surface area contributed by atoms with Crippen molar-refractivity contribution in [3.05, 3.63) is 58.9 Å². The molecular weight excluding hydrogens is 234 g/mol. The predicted molar refractivity (Wildman–Crippen MR) is 79.9 cm³/mol. The van der Waals surface area contributed by atoms with Gasteiger partial charge in [0.2, 0.25) is 0 Å². The summed E-state index contributed by atoms with van der Waals surface area (Å²) in [5.74, 6) is 0.521. The lowest BCUT2D eigenvalue weighted by Gasteiger charge is -2.07. The van der Waals surface area contributed by atoms with E-state index in [1.54, 1.807) is 6.20 Å². The second-order valence-corrected chi connectivity index (χ2v) is 4.62. The highest BCUT2D eigenvalue weighted by molar-refractivity contribution is 5.99. The number of rotatable bonds is 3. The van der Waals surface area contributed by atoms with E-state index in [1.807, 2.05) is 24.3 Å². The fourth-order valence-electron chi connectivity index (χ4n) is 1.95. The summed E-state index contributed by atoms with van der Waals surface area (Å²) >= 11 is 0. The summed E-state index contributed by atoms with van der Waals surface area (Å²) in [6.07, 6.45) is 2.63. The van der Waals surface area contributed by atoms with Crippen LogP contribution in [0.1, 0.15) is 29.3 Å². The lowest BCUT2D eigenvalue weighted by atomic mass is 10.1. The third-order valence-corrected chi connectivity index (χ3v) is 3.24. The van der Waals surface area contributed by atoms with Gasteiger partial charge in [-0.3, -0.25) is 4.98 Å². The van der Waals surface area contributed by atoms with Crippen molar-refractivity contribution in [1.82, 2.24) is 4.98 Å². The van der Waals surface area contributed by atoms with Gasteiger partial charge in [0.15, 0.2) is 0 Å². The highest BCUT2D eigenvalue weighted by Gasteiger charge is 2.05. The van der Waals surface area contributed by atoms with Gasteiger partial charge in [0.05, 0.1) is 11.4 Å². The number of nitrogens with zero attached hydrogens (tertiary/aromatic N) is 2. The first kappa shape index (κ1) is 13.3. The maximum Gasteiger partial charge on any atom is 0.133 e. The Morgan fingerprint density at radius 2 is 2.00 bits per heavy atom. The van der Waals surface area contributed by atoms with Gasteiger partial charge in [0.1, 0.15) is 5.84 Å². The van der Waals surface area contributed by atoms with Gasteiger partial charge in [0.25, 0.3) is 0 Å². The van der Waals surface area contributed by atoms with Crippen LogP contribution in [-0.4, -0.2) is 10.8 Å². The number of benzene rings is 1. The second kappa shape index (κ2) is 5.65. The van der Waals surface area contributed by atoms with Crippen molar-refractivity contribution in [2.45, 2.75) is 27.2 Å². The molecule has 0 spiro atoms. The van der Waals surface area contributed by atoms with E-state index >= 15 is 0 Å². The minimum Gasteiger partial charge on any atom is -0.383 e. The molecule has 98 valence electrons. The summed E-state index contributed by atoms with van der Waals surface area (Å²) in [5, 5.41) is 0. The molecule has 1 heterocycles.